The number of hydrogen-bond donors (Lipinski definition) is 2. The van der Waals surface area contributed by atoms with Gasteiger partial charge in [0.2, 0.25) is 11.7 Å². The highest BCUT2D eigenvalue weighted by molar-refractivity contribution is 5.96. The Morgan fingerprint density at radius 3 is 2.14 bits per heavy atom. The number of carbonyl (C=O) groups is 2. The summed E-state index contributed by atoms with van der Waals surface area (Å²) in [6.45, 7) is 2.97. The Hall–Kier alpha value is -2.44. The Morgan fingerprint density at radius 2 is 1.68 bits per heavy atom. The van der Waals surface area contributed by atoms with E-state index in [-0.39, 0.29) is 6.42 Å². The minimum atomic E-state index is -1.16. The van der Waals surface area contributed by atoms with Crippen LogP contribution < -0.4 is 19.5 Å². The standard InChI is InChI=1S/C15H21NO6/c1-15(2,14(18)19)8-11(17)16-9-6-7-10(20-3)13(22-5)12(9)21-4/h6-7H,8H2,1-5H3,(H,16,17)(H,18,19). The molecule has 0 saturated heterocycles. The lowest BCUT2D eigenvalue weighted by molar-refractivity contribution is -0.148. The van der Waals surface area contributed by atoms with E-state index >= 15 is 0 Å². The van der Waals surface area contributed by atoms with Crippen molar-refractivity contribution in [3.63, 3.8) is 0 Å². The molecule has 0 radical (unpaired) electrons. The molecule has 0 aliphatic carbocycles. The molecule has 122 valence electrons. The molecule has 0 fully saturated rings. The van der Waals surface area contributed by atoms with Crippen molar-refractivity contribution in [1.29, 1.82) is 0 Å². The first-order valence-corrected chi connectivity index (χ1v) is 6.59. The predicted octanol–water partition coefficient (Wildman–Crippen LogP) is 2.15. The average Bonchev–Trinajstić information content (AvgIpc) is 2.45. The number of amides is 1. The van der Waals surface area contributed by atoms with Gasteiger partial charge in [-0.15, -0.1) is 0 Å². The zero-order valence-corrected chi connectivity index (χ0v) is 13.4. The molecule has 1 rings (SSSR count). The molecule has 1 aromatic carbocycles. The first kappa shape index (κ1) is 17.6. The minimum absolute atomic E-state index is 0.167. The molecular formula is C15H21NO6. The Bertz CT molecular complexity index is 567. The van der Waals surface area contributed by atoms with E-state index in [0.717, 1.165) is 0 Å². The second-order valence-corrected chi connectivity index (χ2v) is 5.30. The van der Waals surface area contributed by atoms with Crippen molar-refractivity contribution in [3.8, 4) is 17.2 Å². The van der Waals surface area contributed by atoms with Crippen LogP contribution in [0.2, 0.25) is 0 Å². The highest BCUT2D eigenvalue weighted by Gasteiger charge is 2.30. The summed E-state index contributed by atoms with van der Waals surface area (Å²) >= 11 is 0. The van der Waals surface area contributed by atoms with E-state index in [1.807, 2.05) is 0 Å². The number of carboxylic acid groups (broad SMARTS) is 1. The van der Waals surface area contributed by atoms with Gasteiger partial charge >= 0.3 is 5.97 Å². The van der Waals surface area contributed by atoms with Gasteiger partial charge in [0.15, 0.2) is 11.5 Å². The Labute approximate surface area is 129 Å². The fourth-order valence-corrected chi connectivity index (χ4v) is 1.87. The van der Waals surface area contributed by atoms with Crippen LogP contribution in [0.1, 0.15) is 20.3 Å². The fourth-order valence-electron chi connectivity index (χ4n) is 1.87. The Kier molecular flexibility index (Phi) is 5.62. The van der Waals surface area contributed by atoms with Crippen molar-refractivity contribution in [2.45, 2.75) is 20.3 Å². The van der Waals surface area contributed by atoms with Crippen LogP contribution in [-0.4, -0.2) is 38.3 Å². The van der Waals surface area contributed by atoms with Gasteiger partial charge < -0.3 is 24.6 Å². The van der Waals surface area contributed by atoms with E-state index in [1.54, 1.807) is 12.1 Å². The SMILES string of the molecule is COc1ccc(NC(=O)CC(C)(C)C(=O)O)c(OC)c1OC. The molecule has 1 aromatic rings. The van der Waals surface area contributed by atoms with Crippen molar-refractivity contribution >= 4 is 17.6 Å². The van der Waals surface area contributed by atoms with Crippen LogP contribution in [0, 0.1) is 5.41 Å². The molecule has 0 bridgehead atoms. The molecule has 0 atom stereocenters. The van der Waals surface area contributed by atoms with Crippen LogP contribution in [0.3, 0.4) is 0 Å². The molecule has 0 aliphatic rings. The van der Waals surface area contributed by atoms with E-state index in [4.69, 9.17) is 19.3 Å². The van der Waals surface area contributed by atoms with Crippen LogP contribution in [0.25, 0.3) is 0 Å². The highest BCUT2D eigenvalue weighted by atomic mass is 16.5. The number of rotatable bonds is 7. The number of carboxylic acids is 1. The largest absolute Gasteiger partial charge is 0.493 e. The molecule has 1 amide bonds. The van der Waals surface area contributed by atoms with E-state index in [1.165, 1.54) is 35.2 Å². The fraction of sp³-hybridized carbons (Fsp3) is 0.467. The second-order valence-electron chi connectivity index (χ2n) is 5.30. The third kappa shape index (κ3) is 3.81. The topological polar surface area (TPSA) is 94.1 Å². The summed E-state index contributed by atoms with van der Waals surface area (Å²) in [6.07, 6.45) is -0.167. The van der Waals surface area contributed by atoms with Gasteiger partial charge in [0.25, 0.3) is 0 Å². The summed E-state index contributed by atoms with van der Waals surface area (Å²) in [4.78, 5) is 23.1. The second kappa shape index (κ2) is 7.02. The van der Waals surface area contributed by atoms with Gasteiger partial charge in [-0.1, -0.05) is 0 Å². The molecule has 22 heavy (non-hydrogen) atoms. The summed E-state index contributed by atoms with van der Waals surface area (Å²) < 4.78 is 15.6. The van der Waals surface area contributed by atoms with E-state index < -0.39 is 17.3 Å². The molecule has 0 heterocycles. The lowest BCUT2D eigenvalue weighted by atomic mass is 9.89. The monoisotopic (exact) mass is 311 g/mol. The third-order valence-electron chi connectivity index (χ3n) is 3.16. The molecule has 2 N–H and O–H groups in total. The summed E-state index contributed by atoms with van der Waals surface area (Å²) in [5.74, 6) is -0.355. The quantitative estimate of drug-likeness (QED) is 0.801. The molecule has 0 aromatic heterocycles. The van der Waals surface area contributed by atoms with Crippen molar-refractivity contribution < 1.29 is 28.9 Å². The van der Waals surface area contributed by atoms with Gasteiger partial charge in [0.1, 0.15) is 0 Å². The molecule has 0 saturated carbocycles. The highest BCUT2D eigenvalue weighted by Crippen LogP contribution is 2.42. The zero-order valence-electron chi connectivity index (χ0n) is 13.4. The van der Waals surface area contributed by atoms with Crippen molar-refractivity contribution in [3.05, 3.63) is 12.1 Å². The number of nitrogens with one attached hydrogen (secondary N) is 1. The molecule has 0 spiro atoms. The first-order valence-electron chi connectivity index (χ1n) is 6.59. The van der Waals surface area contributed by atoms with E-state index in [2.05, 4.69) is 5.32 Å². The normalized spacial score (nSPS) is 10.8. The first-order chi connectivity index (χ1) is 10.3. The van der Waals surface area contributed by atoms with E-state index in [0.29, 0.717) is 22.9 Å². The number of anilines is 1. The van der Waals surface area contributed by atoms with Gasteiger partial charge in [-0.05, 0) is 26.0 Å². The van der Waals surface area contributed by atoms with Crippen molar-refractivity contribution in [1.82, 2.24) is 0 Å². The average molecular weight is 311 g/mol. The van der Waals surface area contributed by atoms with Gasteiger partial charge in [-0.3, -0.25) is 9.59 Å². The maximum atomic E-state index is 12.1. The molecule has 7 heteroatoms. The zero-order chi connectivity index (χ0) is 16.9. The summed E-state index contributed by atoms with van der Waals surface area (Å²) in [7, 11) is 4.39. The number of benzene rings is 1. The number of ether oxygens (including phenoxy) is 3. The van der Waals surface area contributed by atoms with E-state index in [9.17, 15) is 9.59 Å². The van der Waals surface area contributed by atoms with Gasteiger partial charge in [-0.2, -0.15) is 0 Å². The van der Waals surface area contributed by atoms with Crippen LogP contribution in [-0.2, 0) is 9.59 Å². The van der Waals surface area contributed by atoms with Crippen LogP contribution in [0.5, 0.6) is 17.2 Å². The summed E-state index contributed by atoms with van der Waals surface area (Å²) in [5.41, 5.74) is -0.778. The maximum Gasteiger partial charge on any atom is 0.309 e. The Balaban J connectivity index is 3.03. The van der Waals surface area contributed by atoms with Gasteiger partial charge in [0, 0.05) is 6.42 Å². The van der Waals surface area contributed by atoms with Crippen LogP contribution >= 0.6 is 0 Å². The third-order valence-corrected chi connectivity index (χ3v) is 3.16. The Morgan fingerprint density at radius 1 is 1.09 bits per heavy atom. The molecule has 7 nitrogen and oxygen atoms in total. The van der Waals surface area contributed by atoms with Crippen molar-refractivity contribution in [2.24, 2.45) is 5.41 Å². The lowest BCUT2D eigenvalue weighted by Crippen LogP contribution is -2.29. The number of methoxy groups -OCH3 is 3. The molecule has 0 unspecified atom stereocenters. The smallest absolute Gasteiger partial charge is 0.309 e. The van der Waals surface area contributed by atoms with Gasteiger partial charge in [-0.25, -0.2) is 0 Å². The van der Waals surface area contributed by atoms with Crippen LogP contribution in [0.15, 0.2) is 12.1 Å². The minimum Gasteiger partial charge on any atom is -0.493 e. The van der Waals surface area contributed by atoms with Gasteiger partial charge in [0.05, 0.1) is 32.4 Å². The number of carbonyl (C=O) groups excluding carboxylic acids is 1. The summed E-state index contributed by atoms with van der Waals surface area (Å²) in [6, 6.07) is 3.23. The lowest BCUT2D eigenvalue weighted by Gasteiger charge is -2.20. The maximum absolute atomic E-state index is 12.1. The summed E-state index contributed by atoms with van der Waals surface area (Å²) in [5, 5.41) is 11.7. The number of hydrogen-bond acceptors (Lipinski definition) is 5. The van der Waals surface area contributed by atoms with Crippen molar-refractivity contribution in [2.75, 3.05) is 26.6 Å². The predicted molar refractivity (Wildman–Crippen MR) is 80.8 cm³/mol. The molecular weight excluding hydrogens is 290 g/mol. The molecule has 0 aliphatic heterocycles. The van der Waals surface area contributed by atoms with Crippen LogP contribution in [0.4, 0.5) is 5.69 Å². The number of aliphatic carboxylic acids is 1.